The van der Waals surface area contributed by atoms with E-state index in [9.17, 15) is 9.59 Å². The number of carbonyl (C=O) groups excluding carboxylic acids is 1. The number of halogens is 1. The number of carboxylic acids is 1. The van der Waals surface area contributed by atoms with Gasteiger partial charge in [0.15, 0.2) is 0 Å². The Bertz CT molecular complexity index is 1470. The maximum absolute atomic E-state index is 12.3. The molecule has 0 spiro atoms. The first kappa shape index (κ1) is 23.5. The number of aromatic carboxylic acids is 1. The third-order valence-electron chi connectivity index (χ3n) is 5.39. The average molecular weight is 485 g/mol. The molecule has 0 unspecified atom stereocenters. The van der Waals surface area contributed by atoms with Crippen molar-refractivity contribution in [3.05, 3.63) is 103 Å². The van der Waals surface area contributed by atoms with Crippen molar-refractivity contribution < 1.29 is 14.7 Å². The van der Waals surface area contributed by atoms with Gasteiger partial charge >= 0.3 is 12.0 Å². The molecule has 0 atom stereocenters. The van der Waals surface area contributed by atoms with Gasteiger partial charge in [0.1, 0.15) is 0 Å². The summed E-state index contributed by atoms with van der Waals surface area (Å²) in [7, 11) is 0. The van der Waals surface area contributed by atoms with E-state index in [0.29, 0.717) is 11.4 Å². The minimum Gasteiger partial charge on any atom is -0.478 e. The molecule has 0 fully saturated rings. The normalized spacial score (nSPS) is 10.4. The van der Waals surface area contributed by atoms with Crippen molar-refractivity contribution in [2.24, 2.45) is 0 Å². The largest absolute Gasteiger partial charge is 0.478 e. The van der Waals surface area contributed by atoms with E-state index < -0.39 is 12.0 Å². The number of hydrogen-bond acceptors (Lipinski definition) is 4. The Morgan fingerprint density at radius 2 is 1.09 bits per heavy atom. The molecule has 2 amide bonds. The molecule has 4 aromatic carbocycles. The summed E-state index contributed by atoms with van der Waals surface area (Å²) in [5.41, 5.74) is 4.95. The van der Waals surface area contributed by atoms with Gasteiger partial charge in [-0.1, -0.05) is 36.4 Å². The van der Waals surface area contributed by atoms with Crippen molar-refractivity contribution in [1.29, 1.82) is 0 Å². The van der Waals surface area contributed by atoms with Gasteiger partial charge in [0.05, 0.1) is 22.3 Å². The first-order valence-corrected chi connectivity index (χ1v) is 10.6. The van der Waals surface area contributed by atoms with Gasteiger partial charge in [-0.15, -0.1) is 12.4 Å². The average Bonchev–Trinajstić information content (AvgIpc) is 2.85. The highest BCUT2D eigenvalue weighted by Crippen LogP contribution is 2.33. The van der Waals surface area contributed by atoms with Gasteiger partial charge in [-0.25, -0.2) is 14.6 Å². The molecule has 35 heavy (non-hydrogen) atoms. The molecule has 0 aliphatic heterocycles. The second-order valence-electron chi connectivity index (χ2n) is 7.69. The number of pyridine rings is 1. The minimum atomic E-state index is -1.02. The summed E-state index contributed by atoms with van der Waals surface area (Å²) in [6.07, 6.45) is 0. The number of nitrogens with one attached hydrogen (secondary N) is 3. The SMILES string of the molecule is Cl.O=C(Nc1ccc(Nc2c3ccccc3nc3ccccc23)cc1)Nc1ccc(C(=O)O)cc1. The fourth-order valence-corrected chi connectivity index (χ4v) is 3.75. The molecule has 1 heterocycles. The lowest BCUT2D eigenvalue weighted by Gasteiger charge is -2.14. The number of anilines is 4. The maximum Gasteiger partial charge on any atom is 0.335 e. The highest BCUT2D eigenvalue weighted by molar-refractivity contribution is 6.08. The van der Waals surface area contributed by atoms with E-state index in [2.05, 4.69) is 16.0 Å². The summed E-state index contributed by atoms with van der Waals surface area (Å²) < 4.78 is 0. The van der Waals surface area contributed by atoms with Crippen molar-refractivity contribution in [2.75, 3.05) is 16.0 Å². The van der Waals surface area contributed by atoms with E-state index in [1.807, 2.05) is 60.7 Å². The molecule has 0 aliphatic carbocycles. The van der Waals surface area contributed by atoms with Gasteiger partial charge in [-0.3, -0.25) is 0 Å². The summed E-state index contributed by atoms with van der Waals surface area (Å²) in [5.74, 6) is -1.02. The van der Waals surface area contributed by atoms with Crippen LogP contribution in [0.25, 0.3) is 21.8 Å². The van der Waals surface area contributed by atoms with Crippen LogP contribution in [0.4, 0.5) is 27.5 Å². The van der Waals surface area contributed by atoms with E-state index in [-0.39, 0.29) is 18.0 Å². The Labute approximate surface area is 207 Å². The third kappa shape index (κ3) is 5.15. The Hall–Kier alpha value is -4.62. The first-order valence-electron chi connectivity index (χ1n) is 10.6. The highest BCUT2D eigenvalue weighted by atomic mass is 35.5. The molecular formula is C27H21ClN4O3. The van der Waals surface area contributed by atoms with Crippen LogP contribution in [-0.4, -0.2) is 22.1 Å². The quantitative estimate of drug-likeness (QED) is 0.203. The lowest BCUT2D eigenvalue weighted by atomic mass is 10.1. The Balaban J connectivity index is 0.00000289. The molecule has 8 heteroatoms. The van der Waals surface area contributed by atoms with Crippen LogP contribution in [-0.2, 0) is 0 Å². The number of carboxylic acid groups (broad SMARTS) is 1. The number of hydrogen-bond donors (Lipinski definition) is 4. The van der Waals surface area contributed by atoms with Gasteiger partial charge < -0.3 is 21.1 Å². The zero-order valence-corrected chi connectivity index (χ0v) is 19.2. The van der Waals surface area contributed by atoms with Crippen molar-refractivity contribution in [1.82, 2.24) is 4.98 Å². The van der Waals surface area contributed by atoms with Crippen LogP contribution in [0.3, 0.4) is 0 Å². The molecule has 1 aromatic heterocycles. The smallest absolute Gasteiger partial charge is 0.335 e. The number of rotatable bonds is 5. The number of aromatic nitrogens is 1. The molecule has 174 valence electrons. The second-order valence-corrected chi connectivity index (χ2v) is 7.69. The molecule has 4 N–H and O–H groups in total. The zero-order chi connectivity index (χ0) is 23.5. The van der Waals surface area contributed by atoms with Gasteiger partial charge in [-0.05, 0) is 60.7 Å². The van der Waals surface area contributed by atoms with E-state index in [1.54, 1.807) is 24.3 Å². The lowest BCUT2D eigenvalue weighted by molar-refractivity contribution is 0.0697. The summed E-state index contributed by atoms with van der Waals surface area (Å²) >= 11 is 0. The monoisotopic (exact) mass is 484 g/mol. The summed E-state index contributed by atoms with van der Waals surface area (Å²) in [6.45, 7) is 0. The number of fused-ring (bicyclic) bond motifs is 2. The molecule has 0 bridgehead atoms. The minimum absolute atomic E-state index is 0. The number of amides is 2. The molecule has 5 rings (SSSR count). The van der Waals surface area contributed by atoms with Crippen molar-refractivity contribution in [2.45, 2.75) is 0 Å². The molecule has 0 saturated heterocycles. The molecular weight excluding hydrogens is 464 g/mol. The Kier molecular flexibility index (Phi) is 6.80. The van der Waals surface area contributed by atoms with Crippen molar-refractivity contribution in [3.8, 4) is 0 Å². The molecule has 5 aromatic rings. The second kappa shape index (κ2) is 10.1. The van der Waals surface area contributed by atoms with Crippen LogP contribution in [0.1, 0.15) is 10.4 Å². The predicted molar refractivity (Wildman–Crippen MR) is 142 cm³/mol. The summed E-state index contributed by atoms with van der Waals surface area (Å²) in [4.78, 5) is 28.0. The van der Waals surface area contributed by atoms with Gasteiger partial charge in [0, 0.05) is 27.8 Å². The maximum atomic E-state index is 12.3. The topological polar surface area (TPSA) is 103 Å². The van der Waals surface area contributed by atoms with Gasteiger partial charge in [0.25, 0.3) is 0 Å². The lowest BCUT2D eigenvalue weighted by Crippen LogP contribution is -2.19. The van der Waals surface area contributed by atoms with Gasteiger partial charge in [0.2, 0.25) is 0 Å². The van der Waals surface area contributed by atoms with Crippen LogP contribution < -0.4 is 16.0 Å². The van der Waals surface area contributed by atoms with Crippen LogP contribution in [0, 0.1) is 0 Å². The first-order chi connectivity index (χ1) is 16.6. The fourth-order valence-electron chi connectivity index (χ4n) is 3.75. The van der Waals surface area contributed by atoms with Crippen LogP contribution in [0.5, 0.6) is 0 Å². The van der Waals surface area contributed by atoms with Crippen molar-refractivity contribution >= 4 is 69.0 Å². The fraction of sp³-hybridized carbons (Fsp3) is 0. The van der Waals surface area contributed by atoms with Gasteiger partial charge in [-0.2, -0.15) is 0 Å². The number of urea groups is 1. The molecule has 0 aliphatic rings. The van der Waals surface area contributed by atoms with E-state index in [1.165, 1.54) is 12.1 Å². The Morgan fingerprint density at radius 3 is 1.60 bits per heavy atom. The molecule has 0 saturated carbocycles. The van der Waals surface area contributed by atoms with E-state index >= 15 is 0 Å². The van der Waals surface area contributed by atoms with Crippen molar-refractivity contribution in [3.63, 3.8) is 0 Å². The number of benzene rings is 4. The van der Waals surface area contributed by atoms with Crippen LogP contribution in [0.15, 0.2) is 97.1 Å². The van der Waals surface area contributed by atoms with Crippen LogP contribution >= 0.6 is 12.4 Å². The number of carbonyl (C=O) groups is 2. The molecule has 0 radical (unpaired) electrons. The zero-order valence-electron chi connectivity index (χ0n) is 18.4. The van der Waals surface area contributed by atoms with E-state index in [4.69, 9.17) is 10.1 Å². The molecule has 7 nitrogen and oxygen atoms in total. The summed E-state index contributed by atoms with van der Waals surface area (Å²) in [5, 5.41) is 20.0. The number of nitrogens with zero attached hydrogens (tertiary/aromatic N) is 1. The summed E-state index contributed by atoms with van der Waals surface area (Å²) in [6, 6.07) is 28.9. The third-order valence-corrected chi connectivity index (χ3v) is 5.39. The van der Waals surface area contributed by atoms with Crippen LogP contribution in [0.2, 0.25) is 0 Å². The number of para-hydroxylation sites is 2. The standard InChI is InChI=1S/C27H20N4O3.ClH/c32-26(33)17-9-11-19(12-10-17)29-27(34)30-20-15-13-18(14-16-20)28-25-21-5-1-3-7-23(21)31-24-8-4-2-6-22(24)25;/h1-16H,(H,28,31)(H,32,33)(H2,29,30,34);1H. The predicted octanol–water partition coefficient (Wildman–Crippen LogP) is 6.90. The van der Waals surface area contributed by atoms with E-state index in [0.717, 1.165) is 33.2 Å². The highest BCUT2D eigenvalue weighted by Gasteiger charge is 2.10. The Morgan fingerprint density at radius 1 is 0.629 bits per heavy atom.